The quantitative estimate of drug-likeness (QED) is 0.758. The zero-order chi connectivity index (χ0) is 14.6. The lowest BCUT2D eigenvalue weighted by atomic mass is 9.58. The van der Waals surface area contributed by atoms with Gasteiger partial charge in [0.05, 0.1) is 0 Å². The lowest BCUT2D eigenvalue weighted by molar-refractivity contribution is 0.115. The predicted octanol–water partition coefficient (Wildman–Crippen LogP) is 5.13. The number of rotatable bonds is 1. The number of phenolic OH excluding ortho intramolecular Hbond substituents is 1. The summed E-state index contributed by atoms with van der Waals surface area (Å²) in [5, 5.41) is 9.96. The first-order chi connectivity index (χ1) is 10.1. The maximum absolute atomic E-state index is 9.96. The van der Waals surface area contributed by atoms with E-state index in [1.165, 1.54) is 44.1 Å². The minimum absolute atomic E-state index is 0.468. The zero-order valence-corrected chi connectivity index (χ0v) is 13.4. The monoisotopic (exact) mass is 284 g/mol. The molecule has 4 rings (SSSR count). The van der Waals surface area contributed by atoms with Crippen LogP contribution in [-0.2, 0) is 6.42 Å². The maximum Gasteiger partial charge on any atom is 0.115 e. The highest BCUT2D eigenvalue weighted by Gasteiger charge is 2.47. The van der Waals surface area contributed by atoms with Gasteiger partial charge in [0.1, 0.15) is 5.75 Å². The summed E-state index contributed by atoms with van der Waals surface area (Å²) in [5.74, 6) is 5.57. The fraction of sp³-hybridized carbons (Fsp3) is 0.700. The molecule has 0 radical (unpaired) electrons. The number of benzene rings is 1. The standard InChI is InChI=1S/C20H28O/c1-12(2)16-9-7-13-4-3-5-17-19(16)10-14-6-8-15(21)11-18(14)20(13)17/h6,8,11-13,16-17,19-21H,3-5,7,9-10H2,1-2H3/t13?,16?,17?,19-,20?/m0/s1. The van der Waals surface area contributed by atoms with Gasteiger partial charge in [0.25, 0.3) is 0 Å². The second kappa shape index (κ2) is 5.04. The van der Waals surface area contributed by atoms with Crippen LogP contribution in [0.2, 0.25) is 0 Å². The Bertz CT molecular complexity index is 533. The third kappa shape index (κ3) is 2.12. The molecule has 0 aromatic heterocycles. The van der Waals surface area contributed by atoms with Gasteiger partial charge in [0, 0.05) is 0 Å². The third-order valence-electron chi connectivity index (χ3n) is 6.85. The molecule has 2 saturated carbocycles. The topological polar surface area (TPSA) is 20.2 Å². The summed E-state index contributed by atoms with van der Waals surface area (Å²) in [5.41, 5.74) is 3.05. The van der Waals surface area contributed by atoms with Gasteiger partial charge in [0.15, 0.2) is 0 Å². The number of fused-ring (bicyclic) bond motifs is 1. The van der Waals surface area contributed by atoms with E-state index in [0.29, 0.717) is 5.75 Å². The second-order valence-corrected chi connectivity index (χ2v) is 8.12. The molecule has 4 unspecified atom stereocenters. The van der Waals surface area contributed by atoms with Crippen LogP contribution in [0.3, 0.4) is 0 Å². The van der Waals surface area contributed by atoms with Crippen molar-refractivity contribution in [1.29, 1.82) is 0 Å². The molecule has 0 saturated heterocycles. The van der Waals surface area contributed by atoms with Crippen LogP contribution in [0.5, 0.6) is 5.75 Å². The Morgan fingerprint density at radius 1 is 1.05 bits per heavy atom. The van der Waals surface area contributed by atoms with Crippen LogP contribution in [-0.4, -0.2) is 5.11 Å². The Morgan fingerprint density at radius 2 is 1.90 bits per heavy atom. The van der Waals surface area contributed by atoms with Crippen molar-refractivity contribution in [2.45, 2.75) is 58.3 Å². The van der Waals surface area contributed by atoms with Crippen molar-refractivity contribution >= 4 is 0 Å². The fourth-order valence-electron chi connectivity index (χ4n) is 6.01. The molecule has 0 amide bonds. The van der Waals surface area contributed by atoms with Crippen LogP contribution < -0.4 is 0 Å². The summed E-state index contributed by atoms with van der Waals surface area (Å²) in [6, 6.07) is 6.20. The predicted molar refractivity (Wildman–Crippen MR) is 86.4 cm³/mol. The van der Waals surface area contributed by atoms with Crippen molar-refractivity contribution in [1.82, 2.24) is 0 Å². The molecule has 0 spiro atoms. The smallest absolute Gasteiger partial charge is 0.115 e. The van der Waals surface area contributed by atoms with Crippen LogP contribution >= 0.6 is 0 Å². The minimum Gasteiger partial charge on any atom is -0.508 e. The molecular weight excluding hydrogens is 256 g/mol. The van der Waals surface area contributed by atoms with Crippen LogP contribution in [0.15, 0.2) is 18.2 Å². The molecule has 0 aliphatic heterocycles. The van der Waals surface area contributed by atoms with Crippen molar-refractivity contribution in [3.8, 4) is 5.75 Å². The molecule has 1 nitrogen and oxygen atoms in total. The molecule has 3 aliphatic rings. The summed E-state index contributed by atoms with van der Waals surface area (Å²) in [6.45, 7) is 4.86. The molecular formula is C20H28O. The summed E-state index contributed by atoms with van der Waals surface area (Å²) >= 11 is 0. The van der Waals surface area contributed by atoms with Crippen molar-refractivity contribution in [3.05, 3.63) is 29.3 Å². The number of aromatic hydroxyl groups is 1. The van der Waals surface area contributed by atoms with Gasteiger partial charge in [-0.2, -0.15) is 0 Å². The van der Waals surface area contributed by atoms with Crippen LogP contribution in [0.25, 0.3) is 0 Å². The first-order valence-electron chi connectivity index (χ1n) is 8.97. The average molecular weight is 284 g/mol. The molecule has 21 heavy (non-hydrogen) atoms. The van der Waals surface area contributed by atoms with Gasteiger partial charge >= 0.3 is 0 Å². The van der Waals surface area contributed by atoms with E-state index in [1.54, 1.807) is 5.56 Å². The van der Waals surface area contributed by atoms with E-state index < -0.39 is 0 Å². The van der Waals surface area contributed by atoms with Gasteiger partial charge < -0.3 is 5.11 Å². The van der Waals surface area contributed by atoms with Gasteiger partial charge in [-0.25, -0.2) is 0 Å². The summed E-state index contributed by atoms with van der Waals surface area (Å²) in [4.78, 5) is 0. The van der Waals surface area contributed by atoms with Gasteiger partial charge in [-0.1, -0.05) is 26.3 Å². The van der Waals surface area contributed by atoms with Crippen molar-refractivity contribution < 1.29 is 5.11 Å². The highest BCUT2D eigenvalue weighted by Crippen LogP contribution is 2.57. The molecule has 5 atom stereocenters. The van der Waals surface area contributed by atoms with Crippen LogP contribution in [0, 0.1) is 29.6 Å². The summed E-state index contributed by atoms with van der Waals surface area (Å²) in [6.07, 6.45) is 8.36. The maximum atomic E-state index is 9.96. The summed E-state index contributed by atoms with van der Waals surface area (Å²) < 4.78 is 0. The van der Waals surface area contributed by atoms with Gasteiger partial charge in [-0.05, 0) is 90.9 Å². The highest BCUT2D eigenvalue weighted by atomic mass is 16.3. The van der Waals surface area contributed by atoms with Crippen LogP contribution in [0.1, 0.15) is 63.0 Å². The lowest BCUT2D eigenvalue weighted by Gasteiger charge is -2.46. The van der Waals surface area contributed by atoms with Crippen molar-refractivity contribution in [3.63, 3.8) is 0 Å². The van der Waals surface area contributed by atoms with E-state index in [2.05, 4.69) is 26.0 Å². The van der Waals surface area contributed by atoms with E-state index in [0.717, 1.165) is 35.5 Å². The Balaban J connectivity index is 1.83. The highest BCUT2D eigenvalue weighted by molar-refractivity contribution is 5.41. The molecule has 2 fully saturated rings. The van der Waals surface area contributed by atoms with E-state index in [1.807, 2.05) is 6.07 Å². The Kier molecular flexibility index (Phi) is 3.28. The normalized spacial score (nSPS) is 38.0. The summed E-state index contributed by atoms with van der Waals surface area (Å²) in [7, 11) is 0. The number of hydrogen-bond donors (Lipinski definition) is 1. The molecule has 0 heterocycles. The van der Waals surface area contributed by atoms with Crippen molar-refractivity contribution in [2.24, 2.45) is 29.6 Å². The average Bonchev–Trinajstić information content (AvgIpc) is 2.52. The molecule has 1 aromatic carbocycles. The Morgan fingerprint density at radius 3 is 2.71 bits per heavy atom. The first-order valence-corrected chi connectivity index (χ1v) is 8.97. The minimum atomic E-state index is 0.468. The fourth-order valence-corrected chi connectivity index (χ4v) is 6.01. The van der Waals surface area contributed by atoms with E-state index in [9.17, 15) is 5.11 Å². The Labute approximate surface area is 128 Å². The molecule has 114 valence electrons. The second-order valence-electron chi connectivity index (χ2n) is 8.12. The van der Waals surface area contributed by atoms with Gasteiger partial charge in [0.2, 0.25) is 0 Å². The van der Waals surface area contributed by atoms with E-state index in [-0.39, 0.29) is 0 Å². The molecule has 1 N–H and O–H groups in total. The zero-order valence-electron chi connectivity index (χ0n) is 13.4. The molecule has 3 aliphatic carbocycles. The first kappa shape index (κ1) is 13.7. The third-order valence-corrected chi connectivity index (χ3v) is 6.85. The number of hydrogen-bond acceptors (Lipinski definition) is 1. The Hall–Kier alpha value is -0.980. The van der Waals surface area contributed by atoms with Gasteiger partial charge in [-0.15, -0.1) is 0 Å². The van der Waals surface area contributed by atoms with E-state index >= 15 is 0 Å². The largest absolute Gasteiger partial charge is 0.508 e. The van der Waals surface area contributed by atoms with Crippen molar-refractivity contribution in [2.75, 3.05) is 0 Å². The molecule has 1 heteroatoms. The number of phenols is 1. The van der Waals surface area contributed by atoms with Gasteiger partial charge in [-0.3, -0.25) is 0 Å². The molecule has 1 aromatic rings. The van der Waals surface area contributed by atoms with E-state index in [4.69, 9.17) is 0 Å². The SMILES string of the molecule is CC(C)C1CCC2CCCC3C2c2cc(O)ccc2C[C@@H]13. The lowest BCUT2D eigenvalue weighted by Crippen LogP contribution is -2.38. The molecule has 4 bridgehead atoms. The van der Waals surface area contributed by atoms with Crippen LogP contribution in [0.4, 0.5) is 0 Å².